The smallest absolute Gasteiger partial charge is 0.0462 e. The lowest BCUT2D eigenvalue weighted by molar-refractivity contribution is 0.0412. The van der Waals surface area contributed by atoms with Crippen LogP contribution in [-0.4, -0.2) is 50.3 Å². The Kier molecular flexibility index (Phi) is 7.49. The molecule has 1 saturated heterocycles. The standard InChI is InChI=1S/C17H36N2O/c1-7-14(2)15-13-19(10-8-9-11-20-6)16(12-18-15)17(3,4)5/h14-16,18H,7-13H2,1-6H3. The van der Waals surface area contributed by atoms with Crippen LogP contribution >= 0.6 is 0 Å². The summed E-state index contributed by atoms with van der Waals surface area (Å²) in [6.45, 7) is 16.2. The van der Waals surface area contributed by atoms with Gasteiger partial charge in [0.1, 0.15) is 0 Å². The second kappa shape index (κ2) is 8.35. The lowest BCUT2D eigenvalue weighted by atomic mass is 9.82. The number of unbranched alkanes of at least 4 members (excludes halogenated alkanes) is 1. The Morgan fingerprint density at radius 2 is 2.00 bits per heavy atom. The highest BCUT2D eigenvalue weighted by Crippen LogP contribution is 2.28. The SMILES string of the molecule is CCC(C)C1CN(CCCCOC)C(C(C)(C)C)CN1. The molecule has 3 atom stereocenters. The number of nitrogens with zero attached hydrogens (tertiary/aromatic N) is 1. The highest BCUT2D eigenvalue weighted by Gasteiger charge is 2.36. The van der Waals surface area contributed by atoms with E-state index in [4.69, 9.17) is 4.74 Å². The van der Waals surface area contributed by atoms with Gasteiger partial charge in [0, 0.05) is 38.9 Å². The van der Waals surface area contributed by atoms with Crippen LogP contribution in [-0.2, 0) is 4.74 Å². The summed E-state index contributed by atoms with van der Waals surface area (Å²) in [5.41, 5.74) is 0.342. The van der Waals surface area contributed by atoms with E-state index in [1.165, 1.54) is 32.4 Å². The molecule has 120 valence electrons. The first-order valence-corrected chi connectivity index (χ1v) is 8.36. The minimum atomic E-state index is 0.342. The van der Waals surface area contributed by atoms with Crippen molar-refractivity contribution in [2.45, 2.75) is 66.0 Å². The Morgan fingerprint density at radius 1 is 1.30 bits per heavy atom. The maximum Gasteiger partial charge on any atom is 0.0462 e. The second-order valence-electron chi connectivity index (χ2n) is 7.48. The van der Waals surface area contributed by atoms with Gasteiger partial charge in [0.05, 0.1) is 0 Å². The summed E-state index contributed by atoms with van der Waals surface area (Å²) >= 11 is 0. The first-order valence-electron chi connectivity index (χ1n) is 8.36. The van der Waals surface area contributed by atoms with E-state index >= 15 is 0 Å². The molecule has 3 heteroatoms. The minimum Gasteiger partial charge on any atom is -0.385 e. The van der Waals surface area contributed by atoms with Gasteiger partial charge >= 0.3 is 0 Å². The van der Waals surface area contributed by atoms with Gasteiger partial charge in [-0.15, -0.1) is 0 Å². The first-order chi connectivity index (χ1) is 9.40. The molecule has 0 aromatic rings. The van der Waals surface area contributed by atoms with E-state index in [1.807, 2.05) is 0 Å². The number of ether oxygens (including phenoxy) is 1. The van der Waals surface area contributed by atoms with Crippen LogP contribution in [0.2, 0.25) is 0 Å². The fourth-order valence-electron chi connectivity index (χ4n) is 3.16. The molecule has 1 aliphatic heterocycles. The van der Waals surface area contributed by atoms with Gasteiger partial charge in [-0.25, -0.2) is 0 Å². The zero-order valence-corrected chi connectivity index (χ0v) is 14.5. The third kappa shape index (κ3) is 5.34. The number of nitrogens with one attached hydrogen (secondary N) is 1. The molecule has 1 heterocycles. The molecule has 0 amide bonds. The van der Waals surface area contributed by atoms with Gasteiger partial charge in [-0.1, -0.05) is 41.0 Å². The largest absolute Gasteiger partial charge is 0.385 e. The lowest BCUT2D eigenvalue weighted by Gasteiger charge is -2.47. The number of hydrogen-bond donors (Lipinski definition) is 1. The number of hydrogen-bond acceptors (Lipinski definition) is 3. The van der Waals surface area contributed by atoms with Gasteiger partial charge in [0.25, 0.3) is 0 Å². The Morgan fingerprint density at radius 3 is 2.55 bits per heavy atom. The van der Waals surface area contributed by atoms with Crippen LogP contribution in [0.15, 0.2) is 0 Å². The second-order valence-corrected chi connectivity index (χ2v) is 7.48. The van der Waals surface area contributed by atoms with Gasteiger partial charge in [-0.05, 0) is 30.7 Å². The van der Waals surface area contributed by atoms with Crippen LogP contribution in [0, 0.1) is 11.3 Å². The Labute approximate surface area is 126 Å². The fourth-order valence-corrected chi connectivity index (χ4v) is 3.16. The zero-order valence-electron chi connectivity index (χ0n) is 14.5. The van der Waals surface area contributed by atoms with Crippen molar-refractivity contribution < 1.29 is 4.74 Å². The molecule has 0 radical (unpaired) electrons. The van der Waals surface area contributed by atoms with E-state index in [-0.39, 0.29) is 0 Å². The molecule has 20 heavy (non-hydrogen) atoms. The van der Waals surface area contributed by atoms with Crippen molar-refractivity contribution >= 4 is 0 Å². The van der Waals surface area contributed by atoms with E-state index in [1.54, 1.807) is 7.11 Å². The fraction of sp³-hybridized carbons (Fsp3) is 1.00. The maximum absolute atomic E-state index is 5.17. The van der Waals surface area contributed by atoms with Crippen LogP contribution < -0.4 is 5.32 Å². The van der Waals surface area contributed by atoms with Crippen molar-refractivity contribution in [3.8, 4) is 0 Å². The molecule has 0 aromatic carbocycles. The molecule has 0 aliphatic carbocycles. The predicted molar refractivity (Wildman–Crippen MR) is 87.2 cm³/mol. The molecule has 1 N–H and O–H groups in total. The summed E-state index contributed by atoms with van der Waals surface area (Å²) in [4.78, 5) is 2.73. The molecule has 1 aliphatic rings. The predicted octanol–water partition coefficient (Wildman–Crippen LogP) is 3.15. The molecule has 1 rings (SSSR count). The topological polar surface area (TPSA) is 24.5 Å². The summed E-state index contributed by atoms with van der Waals surface area (Å²) in [6, 6.07) is 1.30. The van der Waals surface area contributed by atoms with Crippen LogP contribution in [0.25, 0.3) is 0 Å². The van der Waals surface area contributed by atoms with E-state index in [9.17, 15) is 0 Å². The van der Waals surface area contributed by atoms with Crippen molar-refractivity contribution in [1.29, 1.82) is 0 Å². The van der Waals surface area contributed by atoms with Gasteiger partial charge in [0.15, 0.2) is 0 Å². The number of rotatable bonds is 7. The van der Waals surface area contributed by atoms with Crippen molar-refractivity contribution in [2.24, 2.45) is 11.3 Å². The highest BCUT2D eigenvalue weighted by molar-refractivity contribution is 4.93. The molecule has 0 bridgehead atoms. The summed E-state index contributed by atoms with van der Waals surface area (Å²) in [5.74, 6) is 0.761. The van der Waals surface area contributed by atoms with Crippen LogP contribution in [0.5, 0.6) is 0 Å². The molecular formula is C17H36N2O. The van der Waals surface area contributed by atoms with Gasteiger partial charge in [0.2, 0.25) is 0 Å². The first kappa shape index (κ1) is 17.9. The molecule has 3 nitrogen and oxygen atoms in total. The third-order valence-corrected chi connectivity index (χ3v) is 4.82. The third-order valence-electron chi connectivity index (χ3n) is 4.82. The lowest BCUT2D eigenvalue weighted by Crippen LogP contribution is -2.62. The summed E-state index contributed by atoms with van der Waals surface area (Å²) in [6.07, 6.45) is 3.67. The van der Waals surface area contributed by atoms with Gasteiger partial charge < -0.3 is 10.1 Å². The van der Waals surface area contributed by atoms with E-state index in [2.05, 4.69) is 44.8 Å². The summed E-state index contributed by atoms with van der Waals surface area (Å²) in [7, 11) is 1.79. The van der Waals surface area contributed by atoms with Gasteiger partial charge in [-0.3, -0.25) is 4.90 Å². The average molecular weight is 284 g/mol. The van der Waals surface area contributed by atoms with Gasteiger partial charge in [-0.2, -0.15) is 0 Å². The average Bonchev–Trinajstić information content (AvgIpc) is 2.41. The van der Waals surface area contributed by atoms with Crippen molar-refractivity contribution in [2.75, 3.05) is 33.4 Å². The van der Waals surface area contributed by atoms with Crippen LogP contribution in [0.4, 0.5) is 0 Å². The van der Waals surface area contributed by atoms with E-state index in [0.717, 1.165) is 19.1 Å². The summed E-state index contributed by atoms with van der Waals surface area (Å²) < 4.78 is 5.17. The van der Waals surface area contributed by atoms with Crippen LogP contribution in [0.3, 0.4) is 0 Å². The van der Waals surface area contributed by atoms with E-state index < -0.39 is 0 Å². The van der Waals surface area contributed by atoms with Crippen molar-refractivity contribution in [3.05, 3.63) is 0 Å². The monoisotopic (exact) mass is 284 g/mol. The number of methoxy groups -OCH3 is 1. The number of piperazine rings is 1. The van der Waals surface area contributed by atoms with Crippen LogP contribution in [0.1, 0.15) is 53.9 Å². The zero-order chi connectivity index (χ0) is 15.2. The Balaban J connectivity index is 2.58. The van der Waals surface area contributed by atoms with Crippen molar-refractivity contribution in [3.63, 3.8) is 0 Å². The maximum atomic E-state index is 5.17. The molecule has 0 aromatic heterocycles. The molecule has 1 fully saturated rings. The molecular weight excluding hydrogens is 248 g/mol. The highest BCUT2D eigenvalue weighted by atomic mass is 16.5. The van der Waals surface area contributed by atoms with E-state index in [0.29, 0.717) is 17.5 Å². The molecule has 0 spiro atoms. The quantitative estimate of drug-likeness (QED) is 0.727. The van der Waals surface area contributed by atoms with Crippen molar-refractivity contribution in [1.82, 2.24) is 10.2 Å². The minimum absolute atomic E-state index is 0.342. The summed E-state index contributed by atoms with van der Waals surface area (Å²) in [5, 5.41) is 3.79. The molecule has 0 saturated carbocycles. The normalized spacial score (nSPS) is 26.7. The molecule has 3 unspecified atom stereocenters. The Hall–Kier alpha value is -0.120. The Bertz CT molecular complexity index is 262.